The van der Waals surface area contributed by atoms with E-state index in [0.717, 1.165) is 0 Å². The van der Waals surface area contributed by atoms with Crippen LogP contribution in [0.1, 0.15) is 17.4 Å². The molecule has 2 aromatic rings. The van der Waals surface area contributed by atoms with Crippen LogP contribution in [0.4, 0.5) is 0 Å². The number of hydrogen-bond acceptors (Lipinski definition) is 4. The van der Waals surface area contributed by atoms with Gasteiger partial charge in [0.25, 0.3) is 0 Å². The lowest BCUT2D eigenvalue weighted by atomic mass is 10.0. The molecular formula is C14H13Cl2NO3. The maximum atomic E-state index is 10.5. The molecule has 4 nitrogen and oxygen atoms in total. The highest BCUT2D eigenvalue weighted by Gasteiger charge is 2.23. The highest BCUT2D eigenvalue weighted by Crippen LogP contribution is 2.38. The van der Waals surface area contributed by atoms with E-state index in [1.165, 1.54) is 26.5 Å². The van der Waals surface area contributed by atoms with Crippen LogP contribution < -0.4 is 9.47 Å². The summed E-state index contributed by atoms with van der Waals surface area (Å²) < 4.78 is 10.5. The molecular weight excluding hydrogens is 301 g/mol. The van der Waals surface area contributed by atoms with E-state index in [9.17, 15) is 5.11 Å². The van der Waals surface area contributed by atoms with Crippen molar-refractivity contribution in [1.29, 1.82) is 0 Å². The van der Waals surface area contributed by atoms with Gasteiger partial charge >= 0.3 is 0 Å². The monoisotopic (exact) mass is 313 g/mol. The third-order valence-corrected chi connectivity index (χ3v) is 3.34. The van der Waals surface area contributed by atoms with Crippen LogP contribution in [0.5, 0.6) is 11.5 Å². The minimum atomic E-state index is -1.08. The highest BCUT2D eigenvalue weighted by molar-refractivity contribution is 6.34. The van der Waals surface area contributed by atoms with Crippen LogP contribution in [0.25, 0.3) is 0 Å². The molecule has 0 bridgehead atoms. The molecule has 20 heavy (non-hydrogen) atoms. The van der Waals surface area contributed by atoms with Crippen LogP contribution in [0.3, 0.4) is 0 Å². The first-order valence-electron chi connectivity index (χ1n) is 5.78. The van der Waals surface area contributed by atoms with Crippen LogP contribution in [0.2, 0.25) is 10.0 Å². The van der Waals surface area contributed by atoms with Gasteiger partial charge in [-0.1, -0.05) is 29.3 Å². The first kappa shape index (κ1) is 14.9. The number of aliphatic hydroxyl groups is 1. The van der Waals surface area contributed by atoms with Crippen LogP contribution in [0.15, 0.2) is 30.5 Å². The zero-order valence-corrected chi connectivity index (χ0v) is 12.4. The van der Waals surface area contributed by atoms with Crippen molar-refractivity contribution in [2.24, 2.45) is 0 Å². The Hall–Kier alpha value is -1.49. The second-order valence-electron chi connectivity index (χ2n) is 4.00. The molecule has 0 saturated carbocycles. The molecule has 0 aliphatic carbocycles. The zero-order chi connectivity index (χ0) is 14.7. The largest absolute Gasteiger partial charge is 0.496 e. The van der Waals surface area contributed by atoms with Gasteiger partial charge in [0.1, 0.15) is 17.6 Å². The molecule has 106 valence electrons. The summed E-state index contributed by atoms with van der Waals surface area (Å²) in [6.07, 6.45) is 0.347. The summed E-state index contributed by atoms with van der Waals surface area (Å²) in [6, 6.07) is 6.75. The van der Waals surface area contributed by atoms with Gasteiger partial charge in [-0.3, -0.25) is 4.98 Å². The van der Waals surface area contributed by atoms with E-state index < -0.39 is 6.10 Å². The summed E-state index contributed by atoms with van der Waals surface area (Å²) in [5.74, 6) is 0.981. The number of nitrogens with zero attached hydrogens (tertiary/aromatic N) is 1. The third-order valence-electron chi connectivity index (χ3n) is 2.83. The molecule has 0 amide bonds. The van der Waals surface area contributed by atoms with Gasteiger partial charge in [0.15, 0.2) is 0 Å². The van der Waals surface area contributed by atoms with Gasteiger partial charge in [0, 0.05) is 6.20 Å². The van der Waals surface area contributed by atoms with Crippen molar-refractivity contribution in [3.8, 4) is 11.5 Å². The number of aromatic nitrogens is 1. The van der Waals surface area contributed by atoms with Gasteiger partial charge < -0.3 is 14.6 Å². The van der Waals surface area contributed by atoms with E-state index in [-0.39, 0.29) is 5.02 Å². The molecule has 0 fully saturated rings. The number of ether oxygens (including phenoxy) is 2. The Kier molecular flexibility index (Phi) is 4.70. The molecule has 1 unspecified atom stereocenters. The lowest BCUT2D eigenvalue weighted by Crippen LogP contribution is -2.07. The average Bonchev–Trinajstić information content (AvgIpc) is 2.45. The maximum absolute atomic E-state index is 10.5. The number of pyridine rings is 1. The van der Waals surface area contributed by atoms with Crippen molar-refractivity contribution < 1.29 is 14.6 Å². The van der Waals surface area contributed by atoms with Gasteiger partial charge in [-0.15, -0.1) is 0 Å². The number of methoxy groups -OCH3 is 2. The zero-order valence-electron chi connectivity index (χ0n) is 10.9. The molecule has 0 spiro atoms. The molecule has 0 saturated heterocycles. The van der Waals surface area contributed by atoms with Crippen LogP contribution in [-0.4, -0.2) is 24.3 Å². The Labute approximate surface area is 126 Å². The minimum Gasteiger partial charge on any atom is -0.496 e. The second kappa shape index (κ2) is 6.31. The van der Waals surface area contributed by atoms with Crippen molar-refractivity contribution >= 4 is 23.2 Å². The minimum absolute atomic E-state index is 0.276. The van der Waals surface area contributed by atoms with Gasteiger partial charge in [-0.2, -0.15) is 0 Å². The fourth-order valence-electron chi connectivity index (χ4n) is 1.91. The van der Waals surface area contributed by atoms with Gasteiger partial charge in [-0.25, -0.2) is 0 Å². The lowest BCUT2D eigenvalue weighted by Gasteiger charge is -2.18. The fourth-order valence-corrected chi connectivity index (χ4v) is 2.40. The number of aliphatic hydroxyl groups excluding tert-OH is 1. The van der Waals surface area contributed by atoms with Crippen LogP contribution >= 0.6 is 23.2 Å². The SMILES string of the molecule is COc1cccc(OC)c1C(O)c1ncc(Cl)cc1Cl. The van der Waals surface area contributed by atoms with Crippen LogP contribution in [-0.2, 0) is 0 Å². The molecule has 1 heterocycles. The number of hydrogen-bond donors (Lipinski definition) is 1. The molecule has 1 aromatic carbocycles. The van der Waals surface area contributed by atoms with Crippen LogP contribution in [0, 0.1) is 0 Å². The molecule has 1 atom stereocenters. The number of benzene rings is 1. The molecule has 0 aliphatic heterocycles. The fraction of sp³-hybridized carbons (Fsp3) is 0.214. The quantitative estimate of drug-likeness (QED) is 0.938. The third kappa shape index (κ3) is 2.82. The van der Waals surface area contributed by atoms with Gasteiger partial charge in [0.2, 0.25) is 0 Å². The Morgan fingerprint density at radius 3 is 2.25 bits per heavy atom. The van der Waals surface area contributed by atoms with E-state index >= 15 is 0 Å². The Morgan fingerprint density at radius 1 is 1.15 bits per heavy atom. The maximum Gasteiger partial charge on any atom is 0.130 e. The van der Waals surface area contributed by atoms with E-state index in [0.29, 0.717) is 27.8 Å². The van der Waals surface area contributed by atoms with Crippen molar-refractivity contribution in [3.05, 3.63) is 51.8 Å². The summed E-state index contributed by atoms with van der Waals surface area (Å²) in [4.78, 5) is 4.08. The summed E-state index contributed by atoms with van der Waals surface area (Å²) in [6.45, 7) is 0. The summed E-state index contributed by atoms with van der Waals surface area (Å²) in [5, 5.41) is 11.2. The van der Waals surface area contributed by atoms with Gasteiger partial charge in [-0.05, 0) is 18.2 Å². The molecule has 0 radical (unpaired) electrons. The molecule has 1 aromatic heterocycles. The van der Waals surface area contributed by atoms with Gasteiger partial charge in [0.05, 0.1) is 35.5 Å². The second-order valence-corrected chi connectivity index (χ2v) is 4.84. The van der Waals surface area contributed by atoms with E-state index in [1.54, 1.807) is 18.2 Å². The molecule has 6 heteroatoms. The Bertz CT molecular complexity index is 597. The molecule has 0 aliphatic rings. The predicted molar refractivity (Wildman–Crippen MR) is 77.9 cm³/mol. The highest BCUT2D eigenvalue weighted by atomic mass is 35.5. The van der Waals surface area contributed by atoms with E-state index in [2.05, 4.69) is 4.98 Å². The summed E-state index contributed by atoms with van der Waals surface area (Å²) in [5.41, 5.74) is 0.757. The lowest BCUT2D eigenvalue weighted by molar-refractivity contribution is 0.204. The summed E-state index contributed by atoms with van der Waals surface area (Å²) in [7, 11) is 3.03. The van der Waals surface area contributed by atoms with Crippen molar-refractivity contribution in [3.63, 3.8) is 0 Å². The Balaban J connectivity index is 2.55. The van der Waals surface area contributed by atoms with E-state index in [4.69, 9.17) is 32.7 Å². The first-order chi connectivity index (χ1) is 9.58. The summed E-state index contributed by atoms with van der Waals surface area (Å²) >= 11 is 11.9. The van der Waals surface area contributed by atoms with Crippen molar-refractivity contribution in [2.45, 2.75) is 6.10 Å². The number of halogens is 2. The standard InChI is InChI=1S/C14H13Cl2NO3/c1-19-10-4-3-5-11(20-2)12(10)14(18)13-9(16)6-8(15)7-17-13/h3-7,14,18H,1-2H3. The molecule has 2 rings (SSSR count). The first-order valence-corrected chi connectivity index (χ1v) is 6.54. The molecule has 1 N–H and O–H groups in total. The smallest absolute Gasteiger partial charge is 0.130 e. The van der Waals surface area contributed by atoms with E-state index in [1.807, 2.05) is 0 Å². The average molecular weight is 314 g/mol. The van der Waals surface area contributed by atoms with Crippen molar-refractivity contribution in [2.75, 3.05) is 14.2 Å². The Morgan fingerprint density at radius 2 is 1.75 bits per heavy atom. The normalized spacial score (nSPS) is 12.1. The number of rotatable bonds is 4. The topological polar surface area (TPSA) is 51.6 Å². The van der Waals surface area contributed by atoms with Crippen molar-refractivity contribution in [1.82, 2.24) is 4.98 Å². The predicted octanol–water partition coefficient (Wildman–Crippen LogP) is 3.49.